The maximum Gasteiger partial charge on any atom is 0.404 e. The van der Waals surface area contributed by atoms with Crippen molar-refractivity contribution in [1.29, 1.82) is 0 Å². The van der Waals surface area contributed by atoms with Crippen molar-refractivity contribution in [3.8, 4) is 17.1 Å². The minimum atomic E-state index is -1.04. The summed E-state index contributed by atoms with van der Waals surface area (Å²) in [5, 5.41) is 22.3. The van der Waals surface area contributed by atoms with Crippen molar-refractivity contribution in [2.75, 3.05) is 24.5 Å². The maximum absolute atomic E-state index is 14.4. The number of hydrogen-bond acceptors (Lipinski definition) is 5. The number of nitrogens with one attached hydrogen (secondary N) is 1. The van der Waals surface area contributed by atoms with Gasteiger partial charge in [0.1, 0.15) is 17.4 Å². The van der Waals surface area contributed by atoms with E-state index in [9.17, 15) is 14.3 Å². The highest BCUT2D eigenvalue weighted by molar-refractivity contribution is 5.92. The van der Waals surface area contributed by atoms with Gasteiger partial charge in [-0.2, -0.15) is 0 Å². The van der Waals surface area contributed by atoms with E-state index in [0.29, 0.717) is 31.0 Å². The second kappa shape index (κ2) is 7.54. The van der Waals surface area contributed by atoms with Gasteiger partial charge in [-0.05, 0) is 49.1 Å². The Morgan fingerprint density at radius 2 is 2.14 bits per heavy atom. The third-order valence-corrected chi connectivity index (χ3v) is 5.17. The molecule has 0 spiro atoms. The van der Waals surface area contributed by atoms with Crippen molar-refractivity contribution in [3.05, 3.63) is 47.8 Å². The van der Waals surface area contributed by atoms with E-state index < -0.39 is 11.9 Å². The molecule has 1 aromatic heterocycles. The summed E-state index contributed by atoms with van der Waals surface area (Å²) in [7, 11) is 0. The van der Waals surface area contributed by atoms with Crippen LogP contribution in [0.4, 0.5) is 15.0 Å². The normalized spacial score (nSPS) is 16.3. The fourth-order valence-electron chi connectivity index (χ4n) is 3.73. The number of halogens is 1. The Morgan fingerprint density at radius 3 is 2.90 bits per heavy atom. The van der Waals surface area contributed by atoms with Gasteiger partial charge in [-0.15, -0.1) is 0 Å². The monoisotopic (exact) mass is 396 g/mol. The number of anilines is 1. The number of benzene rings is 2. The van der Waals surface area contributed by atoms with Crippen LogP contribution in [0.2, 0.25) is 0 Å². The highest BCUT2D eigenvalue weighted by Crippen LogP contribution is 2.35. The van der Waals surface area contributed by atoms with Crippen LogP contribution in [0, 0.1) is 18.7 Å². The molecule has 3 aromatic rings. The first kappa shape index (κ1) is 18.9. The molecule has 0 saturated carbocycles. The Kier molecular flexibility index (Phi) is 4.92. The first-order valence-electron chi connectivity index (χ1n) is 9.40. The maximum atomic E-state index is 14.4. The number of aromatic hydroxyl groups is 1. The highest BCUT2D eigenvalue weighted by Gasteiger charge is 2.26. The lowest BCUT2D eigenvalue weighted by Gasteiger charge is -2.21. The van der Waals surface area contributed by atoms with E-state index in [1.54, 1.807) is 0 Å². The molecule has 0 aliphatic carbocycles. The Hall–Kier alpha value is -3.42. The number of rotatable bonds is 4. The minimum absolute atomic E-state index is 0.0274. The first-order valence-corrected chi connectivity index (χ1v) is 9.40. The lowest BCUT2D eigenvalue weighted by atomic mass is 10.1. The molecule has 8 heteroatoms. The van der Waals surface area contributed by atoms with Gasteiger partial charge in [-0.1, -0.05) is 12.1 Å². The fraction of sp³-hybridized carbons (Fsp3) is 0.286. The number of aryl methyl sites for hydroxylation is 1. The Morgan fingerprint density at radius 1 is 1.31 bits per heavy atom. The highest BCUT2D eigenvalue weighted by atomic mass is 19.1. The van der Waals surface area contributed by atoms with Crippen LogP contribution in [-0.4, -0.2) is 45.9 Å². The second-order valence-corrected chi connectivity index (χ2v) is 7.31. The molecule has 29 heavy (non-hydrogen) atoms. The number of nitrogens with zero attached hydrogens (tertiary/aromatic N) is 3. The van der Waals surface area contributed by atoms with Crippen LogP contribution in [-0.2, 0) is 0 Å². The zero-order valence-electron chi connectivity index (χ0n) is 15.9. The van der Waals surface area contributed by atoms with Gasteiger partial charge in [0.2, 0.25) is 0 Å². The summed E-state index contributed by atoms with van der Waals surface area (Å²) in [5.41, 5.74) is 1.65. The Balaban J connectivity index is 1.78. The van der Waals surface area contributed by atoms with E-state index >= 15 is 0 Å². The summed E-state index contributed by atoms with van der Waals surface area (Å²) in [6.07, 6.45) is -0.221. The number of fused-ring (bicyclic) bond motifs is 1. The third kappa shape index (κ3) is 3.78. The van der Waals surface area contributed by atoms with Gasteiger partial charge < -0.3 is 20.4 Å². The number of carboxylic acid groups (broad SMARTS) is 1. The van der Waals surface area contributed by atoms with Crippen LogP contribution in [0.15, 0.2) is 36.4 Å². The Bertz CT molecular complexity index is 1070. The molecular formula is C21H21FN4O3. The largest absolute Gasteiger partial charge is 0.507 e. The van der Waals surface area contributed by atoms with E-state index in [1.165, 1.54) is 18.2 Å². The van der Waals surface area contributed by atoms with Crippen LogP contribution in [0.3, 0.4) is 0 Å². The average molecular weight is 396 g/mol. The minimum Gasteiger partial charge on any atom is -0.507 e. The quantitative estimate of drug-likeness (QED) is 0.624. The molecule has 3 N–H and O–H groups in total. The SMILES string of the molecule is Cc1ccc2c(N3CC[C@@H](CNC(=O)O)C3)nc(-c3c(O)cccc3F)nc2c1. The molecule has 0 bridgehead atoms. The summed E-state index contributed by atoms with van der Waals surface area (Å²) >= 11 is 0. The summed E-state index contributed by atoms with van der Waals surface area (Å²) in [6, 6.07) is 9.92. The number of phenols is 1. The lowest BCUT2D eigenvalue weighted by molar-refractivity contribution is 0.192. The van der Waals surface area contributed by atoms with Crippen molar-refractivity contribution >= 4 is 22.8 Å². The van der Waals surface area contributed by atoms with E-state index in [2.05, 4.69) is 20.2 Å². The number of aromatic nitrogens is 2. The van der Waals surface area contributed by atoms with Gasteiger partial charge >= 0.3 is 6.09 Å². The molecule has 1 saturated heterocycles. The van der Waals surface area contributed by atoms with Crippen molar-refractivity contribution in [1.82, 2.24) is 15.3 Å². The number of phenolic OH excluding ortho intramolecular Hbond substituents is 1. The molecule has 1 aliphatic rings. The summed E-state index contributed by atoms with van der Waals surface area (Å²) in [6.45, 7) is 3.65. The molecule has 150 valence electrons. The summed E-state index contributed by atoms with van der Waals surface area (Å²) in [4.78, 5) is 22.0. The lowest BCUT2D eigenvalue weighted by Crippen LogP contribution is -2.30. The molecule has 2 aromatic carbocycles. The summed E-state index contributed by atoms with van der Waals surface area (Å²) < 4.78 is 14.4. The molecule has 1 atom stereocenters. The molecule has 0 unspecified atom stereocenters. The van der Waals surface area contributed by atoms with E-state index in [0.717, 1.165) is 17.4 Å². The first-order chi connectivity index (χ1) is 13.9. The molecule has 1 fully saturated rings. The van der Waals surface area contributed by atoms with Gasteiger partial charge in [-0.3, -0.25) is 0 Å². The number of hydrogen-bond donors (Lipinski definition) is 3. The topological polar surface area (TPSA) is 98.6 Å². The van der Waals surface area contributed by atoms with Crippen LogP contribution in [0.1, 0.15) is 12.0 Å². The van der Waals surface area contributed by atoms with Crippen LogP contribution in [0.25, 0.3) is 22.3 Å². The van der Waals surface area contributed by atoms with Crippen LogP contribution in [0.5, 0.6) is 5.75 Å². The predicted molar refractivity (Wildman–Crippen MR) is 108 cm³/mol. The zero-order valence-corrected chi connectivity index (χ0v) is 15.9. The molecule has 7 nitrogen and oxygen atoms in total. The molecular weight excluding hydrogens is 375 g/mol. The van der Waals surface area contributed by atoms with Gasteiger partial charge in [0.05, 0.1) is 11.1 Å². The van der Waals surface area contributed by atoms with Crippen LogP contribution < -0.4 is 10.2 Å². The second-order valence-electron chi connectivity index (χ2n) is 7.31. The Labute approximate surface area is 166 Å². The van der Waals surface area contributed by atoms with Crippen molar-refractivity contribution in [2.45, 2.75) is 13.3 Å². The van der Waals surface area contributed by atoms with Crippen molar-refractivity contribution < 1.29 is 19.4 Å². The number of amides is 1. The average Bonchev–Trinajstić information content (AvgIpc) is 3.14. The summed E-state index contributed by atoms with van der Waals surface area (Å²) in [5.74, 6) is 0.138. The molecule has 0 radical (unpaired) electrons. The molecule has 2 heterocycles. The van der Waals surface area contributed by atoms with E-state index in [-0.39, 0.29) is 23.1 Å². The molecule has 4 rings (SSSR count). The van der Waals surface area contributed by atoms with Gasteiger partial charge in [0, 0.05) is 25.0 Å². The smallest absolute Gasteiger partial charge is 0.404 e. The standard InChI is InChI=1S/C21H21FN4O3/c1-12-5-6-14-16(9-12)24-19(18-15(22)3-2-4-17(18)27)25-20(14)26-8-7-13(11-26)10-23-21(28)29/h2-6,9,13,23,27H,7-8,10-11H2,1H3,(H,28,29)/t13-/m0/s1. The van der Waals surface area contributed by atoms with Crippen molar-refractivity contribution in [2.24, 2.45) is 5.92 Å². The van der Waals surface area contributed by atoms with Gasteiger partial charge in [0.25, 0.3) is 0 Å². The van der Waals surface area contributed by atoms with Gasteiger partial charge in [0.15, 0.2) is 5.82 Å². The fourth-order valence-corrected chi connectivity index (χ4v) is 3.73. The third-order valence-electron chi connectivity index (χ3n) is 5.17. The zero-order chi connectivity index (χ0) is 20.5. The number of carbonyl (C=O) groups is 1. The van der Waals surface area contributed by atoms with Crippen LogP contribution >= 0.6 is 0 Å². The predicted octanol–water partition coefficient (Wildman–Crippen LogP) is 3.54. The molecule has 1 aliphatic heterocycles. The van der Waals surface area contributed by atoms with Gasteiger partial charge in [-0.25, -0.2) is 19.2 Å². The van der Waals surface area contributed by atoms with Crippen molar-refractivity contribution in [3.63, 3.8) is 0 Å². The molecule has 1 amide bonds. The van der Waals surface area contributed by atoms with E-state index in [4.69, 9.17) is 5.11 Å². The van der Waals surface area contributed by atoms with E-state index in [1.807, 2.05) is 25.1 Å².